The fourth-order valence-electron chi connectivity index (χ4n) is 2.34. The highest BCUT2D eigenvalue weighted by Gasteiger charge is 2.15. The lowest BCUT2D eigenvalue weighted by molar-refractivity contribution is 0.745. The molecule has 2 aromatic rings. The second-order valence-corrected chi connectivity index (χ2v) is 5.35. The number of hydrogen-bond acceptors (Lipinski definition) is 3. The summed E-state index contributed by atoms with van der Waals surface area (Å²) in [5.41, 5.74) is 0.981. The second-order valence-electron chi connectivity index (χ2n) is 4.49. The second kappa shape index (κ2) is 4.61. The molecule has 0 aliphatic heterocycles. The fourth-order valence-corrected chi connectivity index (χ4v) is 2.80. The molecule has 88 valence electrons. The monoisotopic (exact) mass is 291 g/mol. The van der Waals surface area contributed by atoms with Crippen molar-refractivity contribution in [3.63, 3.8) is 0 Å². The molecule has 1 heterocycles. The summed E-state index contributed by atoms with van der Waals surface area (Å²) in [5, 5.41) is 4.47. The number of nitrogens with one attached hydrogen (secondary N) is 1. The minimum atomic E-state index is 0.555. The Bertz CT molecular complexity index is 535. The van der Waals surface area contributed by atoms with Gasteiger partial charge in [0.15, 0.2) is 0 Å². The number of anilines is 1. The highest BCUT2D eigenvalue weighted by Crippen LogP contribution is 2.24. The molecule has 0 bridgehead atoms. The predicted octanol–water partition coefficient (Wildman–Crippen LogP) is 3.75. The van der Waals surface area contributed by atoms with Gasteiger partial charge in [-0.05, 0) is 25.0 Å². The smallest absolute Gasteiger partial charge is 0.223 e. The molecule has 0 spiro atoms. The van der Waals surface area contributed by atoms with Crippen molar-refractivity contribution in [3.8, 4) is 0 Å². The van der Waals surface area contributed by atoms with E-state index in [1.54, 1.807) is 0 Å². The maximum absolute atomic E-state index is 4.55. The average molecular weight is 292 g/mol. The molecule has 1 aliphatic carbocycles. The van der Waals surface area contributed by atoms with Crippen LogP contribution in [0.1, 0.15) is 25.7 Å². The maximum Gasteiger partial charge on any atom is 0.223 e. The van der Waals surface area contributed by atoms with Gasteiger partial charge >= 0.3 is 0 Å². The summed E-state index contributed by atoms with van der Waals surface area (Å²) in [5.74, 6) is 0.752. The lowest BCUT2D eigenvalue weighted by Gasteiger charge is -2.11. The van der Waals surface area contributed by atoms with Crippen LogP contribution in [0.25, 0.3) is 10.9 Å². The van der Waals surface area contributed by atoms with E-state index in [9.17, 15) is 0 Å². The zero-order chi connectivity index (χ0) is 11.7. The summed E-state index contributed by atoms with van der Waals surface area (Å²) < 4.78 is 1.04. The van der Waals surface area contributed by atoms with Crippen LogP contribution in [0.15, 0.2) is 28.9 Å². The van der Waals surface area contributed by atoms with Crippen LogP contribution in [0.3, 0.4) is 0 Å². The molecule has 3 nitrogen and oxygen atoms in total. The van der Waals surface area contributed by atoms with Crippen molar-refractivity contribution in [2.75, 3.05) is 5.32 Å². The number of aromatic nitrogens is 2. The van der Waals surface area contributed by atoms with E-state index in [1.807, 2.05) is 24.4 Å². The van der Waals surface area contributed by atoms with Crippen molar-refractivity contribution in [2.45, 2.75) is 31.7 Å². The van der Waals surface area contributed by atoms with Crippen molar-refractivity contribution in [3.05, 3.63) is 28.9 Å². The molecular formula is C13H14BrN3. The van der Waals surface area contributed by atoms with Gasteiger partial charge < -0.3 is 5.32 Å². The third kappa shape index (κ3) is 2.27. The molecule has 1 aromatic carbocycles. The van der Waals surface area contributed by atoms with E-state index in [-0.39, 0.29) is 0 Å². The molecule has 1 fully saturated rings. The van der Waals surface area contributed by atoms with Crippen molar-refractivity contribution < 1.29 is 0 Å². The Hall–Kier alpha value is -1.16. The number of halogens is 1. The normalized spacial score (nSPS) is 16.5. The summed E-state index contributed by atoms with van der Waals surface area (Å²) in [7, 11) is 0. The molecule has 0 saturated heterocycles. The number of fused-ring (bicyclic) bond motifs is 1. The fraction of sp³-hybridized carbons (Fsp3) is 0.385. The Morgan fingerprint density at radius 3 is 2.88 bits per heavy atom. The quantitative estimate of drug-likeness (QED) is 0.916. The van der Waals surface area contributed by atoms with Gasteiger partial charge in [0, 0.05) is 22.1 Å². The molecule has 1 aliphatic rings. The Kier molecular flexibility index (Phi) is 2.97. The molecule has 4 heteroatoms. The van der Waals surface area contributed by atoms with E-state index in [4.69, 9.17) is 0 Å². The Balaban J connectivity index is 1.90. The first kappa shape index (κ1) is 11.0. The SMILES string of the molecule is Brc1cccc2nc(NC3CCCC3)ncc12. The summed E-state index contributed by atoms with van der Waals surface area (Å²) >= 11 is 3.51. The van der Waals surface area contributed by atoms with Crippen LogP contribution < -0.4 is 5.32 Å². The van der Waals surface area contributed by atoms with Gasteiger partial charge in [-0.1, -0.05) is 34.8 Å². The Morgan fingerprint density at radius 2 is 2.06 bits per heavy atom. The summed E-state index contributed by atoms with van der Waals surface area (Å²) in [6, 6.07) is 6.58. The van der Waals surface area contributed by atoms with Crippen molar-refractivity contribution in [1.82, 2.24) is 9.97 Å². The van der Waals surface area contributed by atoms with Gasteiger partial charge in [-0.25, -0.2) is 9.97 Å². The molecular weight excluding hydrogens is 278 g/mol. The summed E-state index contributed by atoms with van der Waals surface area (Å²) in [6.45, 7) is 0. The topological polar surface area (TPSA) is 37.8 Å². The van der Waals surface area contributed by atoms with Crippen LogP contribution in [0.5, 0.6) is 0 Å². The first-order valence-electron chi connectivity index (χ1n) is 6.01. The van der Waals surface area contributed by atoms with Gasteiger partial charge in [-0.15, -0.1) is 0 Å². The molecule has 1 aromatic heterocycles. The van der Waals surface area contributed by atoms with E-state index >= 15 is 0 Å². The number of rotatable bonds is 2. The minimum absolute atomic E-state index is 0.555. The molecule has 0 unspecified atom stereocenters. The summed E-state index contributed by atoms with van der Waals surface area (Å²) in [4.78, 5) is 8.93. The van der Waals surface area contributed by atoms with Crippen LogP contribution in [0.4, 0.5) is 5.95 Å². The zero-order valence-electron chi connectivity index (χ0n) is 9.49. The molecule has 0 atom stereocenters. The van der Waals surface area contributed by atoms with Gasteiger partial charge in [0.05, 0.1) is 5.52 Å². The number of hydrogen-bond donors (Lipinski definition) is 1. The van der Waals surface area contributed by atoms with Crippen molar-refractivity contribution in [1.29, 1.82) is 0 Å². The number of benzene rings is 1. The standard InChI is InChI=1S/C13H14BrN3/c14-11-6-3-7-12-10(11)8-15-13(17-12)16-9-4-1-2-5-9/h3,6-9H,1-2,4-5H2,(H,15,16,17). The Labute approximate surface area is 109 Å². The van der Waals surface area contributed by atoms with Crippen molar-refractivity contribution >= 4 is 32.8 Å². The van der Waals surface area contributed by atoms with Crippen LogP contribution in [-0.2, 0) is 0 Å². The molecule has 0 amide bonds. The Morgan fingerprint density at radius 1 is 1.24 bits per heavy atom. The molecule has 1 N–H and O–H groups in total. The third-order valence-corrected chi connectivity index (χ3v) is 3.95. The maximum atomic E-state index is 4.55. The van der Waals surface area contributed by atoms with Gasteiger partial charge in [-0.3, -0.25) is 0 Å². The molecule has 1 saturated carbocycles. The van der Waals surface area contributed by atoms with Gasteiger partial charge in [-0.2, -0.15) is 0 Å². The van der Waals surface area contributed by atoms with Crippen LogP contribution in [0, 0.1) is 0 Å². The van der Waals surface area contributed by atoms with E-state index in [0.29, 0.717) is 6.04 Å². The largest absolute Gasteiger partial charge is 0.351 e. The molecule has 0 radical (unpaired) electrons. The number of nitrogens with zero attached hydrogens (tertiary/aromatic N) is 2. The lowest BCUT2D eigenvalue weighted by atomic mass is 10.2. The van der Waals surface area contributed by atoms with Crippen molar-refractivity contribution in [2.24, 2.45) is 0 Å². The van der Waals surface area contributed by atoms with Crippen LogP contribution in [0.2, 0.25) is 0 Å². The minimum Gasteiger partial charge on any atom is -0.351 e. The highest BCUT2D eigenvalue weighted by atomic mass is 79.9. The first-order valence-corrected chi connectivity index (χ1v) is 6.80. The summed E-state index contributed by atoms with van der Waals surface area (Å²) in [6.07, 6.45) is 6.98. The van der Waals surface area contributed by atoms with Crippen LogP contribution >= 0.6 is 15.9 Å². The van der Waals surface area contributed by atoms with Crippen LogP contribution in [-0.4, -0.2) is 16.0 Å². The first-order chi connectivity index (χ1) is 8.33. The highest BCUT2D eigenvalue weighted by molar-refractivity contribution is 9.10. The van der Waals surface area contributed by atoms with Gasteiger partial charge in [0.1, 0.15) is 0 Å². The average Bonchev–Trinajstić information content (AvgIpc) is 2.82. The molecule has 3 rings (SSSR count). The van der Waals surface area contributed by atoms with Gasteiger partial charge in [0.2, 0.25) is 5.95 Å². The third-order valence-electron chi connectivity index (χ3n) is 3.26. The van der Waals surface area contributed by atoms with E-state index in [2.05, 4.69) is 31.2 Å². The zero-order valence-corrected chi connectivity index (χ0v) is 11.1. The van der Waals surface area contributed by atoms with E-state index in [0.717, 1.165) is 21.3 Å². The predicted molar refractivity (Wildman–Crippen MR) is 73.1 cm³/mol. The van der Waals surface area contributed by atoms with E-state index in [1.165, 1.54) is 25.7 Å². The van der Waals surface area contributed by atoms with Gasteiger partial charge in [0.25, 0.3) is 0 Å². The molecule has 17 heavy (non-hydrogen) atoms. The van der Waals surface area contributed by atoms with E-state index < -0.39 is 0 Å². The lowest BCUT2D eigenvalue weighted by Crippen LogP contribution is -2.16.